The van der Waals surface area contributed by atoms with Crippen LogP contribution in [0.3, 0.4) is 0 Å². The first kappa shape index (κ1) is 21.4. The molecule has 0 radical (unpaired) electrons. The molecule has 154 valence electrons. The van der Waals surface area contributed by atoms with Crippen molar-refractivity contribution < 1.29 is 0 Å². The summed E-state index contributed by atoms with van der Waals surface area (Å²) in [7, 11) is 0. The molecule has 0 N–H and O–H groups in total. The molecular formula is C27H36N2. The van der Waals surface area contributed by atoms with Gasteiger partial charge in [-0.3, -0.25) is 0 Å². The highest BCUT2D eigenvalue weighted by atomic mass is 15.2. The molecule has 0 saturated carbocycles. The molecule has 1 heterocycles. The van der Waals surface area contributed by atoms with Crippen molar-refractivity contribution in [1.82, 2.24) is 4.90 Å². The summed E-state index contributed by atoms with van der Waals surface area (Å²) in [5, 5.41) is 0. The van der Waals surface area contributed by atoms with E-state index in [1.165, 1.54) is 42.4 Å². The molecule has 1 atom stereocenters. The second-order valence-corrected chi connectivity index (χ2v) is 8.38. The Kier molecular flexibility index (Phi) is 7.69. The molecule has 0 spiro atoms. The number of hydrogen-bond acceptors (Lipinski definition) is 2. The minimum atomic E-state index is 0.658. The molecule has 2 aliphatic rings. The molecule has 2 nitrogen and oxygen atoms in total. The van der Waals surface area contributed by atoms with Gasteiger partial charge in [-0.2, -0.15) is 0 Å². The molecule has 0 amide bonds. The summed E-state index contributed by atoms with van der Waals surface area (Å²) in [5.41, 5.74) is 6.20. The van der Waals surface area contributed by atoms with Crippen LogP contribution in [0.5, 0.6) is 0 Å². The van der Waals surface area contributed by atoms with E-state index < -0.39 is 0 Å². The van der Waals surface area contributed by atoms with Gasteiger partial charge in [-0.25, -0.2) is 4.99 Å². The number of allylic oxidation sites excluding steroid dienone is 5. The van der Waals surface area contributed by atoms with Crippen LogP contribution in [0.2, 0.25) is 0 Å². The van der Waals surface area contributed by atoms with Gasteiger partial charge in [0.05, 0.1) is 0 Å². The molecule has 0 fully saturated rings. The van der Waals surface area contributed by atoms with Gasteiger partial charge in [0, 0.05) is 23.5 Å². The maximum Gasteiger partial charge on any atom is 0.140 e. The Balaban J connectivity index is 1.80. The zero-order chi connectivity index (χ0) is 20.6. The van der Waals surface area contributed by atoms with Gasteiger partial charge < -0.3 is 4.90 Å². The van der Waals surface area contributed by atoms with E-state index in [0.29, 0.717) is 5.92 Å². The largest absolute Gasteiger partial charge is 0.326 e. The second-order valence-electron chi connectivity index (χ2n) is 8.38. The minimum absolute atomic E-state index is 0.658. The van der Waals surface area contributed by atoms with Crippen molar-refractivity contribution in [1.29, 1.82) is 0 Å². The molecular weight excluding hydrogens is 352 g/mol. The molecule has 29 heavy (non-hydrogen) atoms. The van der Waals surface area contributed by atoms with Crippen LogP contribution in [0.1, 0.15) is 71.3 Å². The maximum atomic E-state index is 5.06. The fourth-order valence-corrected chi connectivity index (χ4v) is 4.09. The highest BCUT2D eigenvalue weighted by Crippen LogP contribution is 2.31. The molecule has 0 aromatic heterocycles. The lowest BCUT2D eigenvalue weighted by molar-refractivity contribution is 0.506. The van der Waals surface area contributed by atoms with E-state index in [1.807, 2.05) is 0 Å². The second kappa shape index (κ2) is 10.4. The zero-order valence-electron chi connectivity index (χ0n) is 18.5. The SMILES string of the molecule is C=C1C(CCCCCC)=C(C)N=C(c2ccccc2)N1CCC1=CCC(C)C=C1. The van der Waals surface area contributed by atoms with Crippen molar-refractivity contribution in [3.8, 4) is 0 Å². The molecule has 1 aromatic carbocycles. The lowest BCUT2D eigenvalue weighted by atomic mass is 9.95. The van der Waals surface area contributed by atoms with Crippen LogP contribution in [0, 0.1) is 5.92 Å². The standard InChI is InChI=1S/C27H36N2/c1-5-6-7-11-14-26-22(3)28-27(25-12-9-8-10-13-25)29(23(26)4)20-19-24-17-15-21(2)16-18-24/h8-10,12-13,15,17-18,21H,4-7,11,14,16,19-20H2,1-3H3. The first-order chi connectivity index (χ1) is 14.1. The summed E-state index contributed by atoms with van der Waals surface area (Å²) in [5.74, 6) is 1.70. The molecule has 0 saturated heterocycles. The van der Waals surface area contributed by atoms with Crippen LogP contribution in [0.25, 0.3) is 0 Å². The van der Waals surface area contributed by atoms with Crippen LogP contribution < -0.4 is 0 Å². The number of amidine groups is 1. The molecule has 2 heteroatoms. The van der Waals surface area contributed by atoms with Crippen molar-refractivity contribution in [3.05, 3.63) is 83.2 Å². The lowest BCUT2D eigenvalue weighted by Gasteiger charge is -2.34. The van der Waals surface area contributed by atoms with E-state index in [-0.39, 0.29) is 0 Å². The Morgan fingerprint density at radius 3 is 2.59 bits per heavy atom. The quantitative estimate of drug-likeness (QED) is 0.402. The van der Waals surface area contributed by atoms with Crippen LogP contribution in [-0.4, -0.2) is 17.3 Å². The van der Waals surface area contributed by atoms with E-state index in [4.69, 9.17) is 4.99 Å². The van der Waals surface area contributed by atoms with Crippen LogP contribution in [-0.2, 0) is 0 Å². The average Bonchev–Trinajstić information content (AvgIpc) is 2.74. The minimum Gasteiger partial charge on any atom is -0.326 e. The summed E-state index contributed by atoms with van der Waals surface area (Å²) < 4.78 is 0. The highest BCUT2D eigenvalue weighted by Gasteiger charge is 2.25. The van der Waals surface area contributed by atoms with Gasteiger partial charge in [0.25, 0.3) is 0 Å². The van der Waals surface area contributed by atoms with Crippen molar-refractivity contribution >= 4 is 5.84 Å². The topological polar surface area (TPSA) is 15.6 Å². The average molecular weight is 389 g/mol. The Morgan fingerprint density at radius 2 is 1.90 bits per heavy atom. The van der Waals surface area contributed by atoms with E-state index >= 15 is 0 Å². The number of benzene rings is 1. The molecule has 1 unspecified atom stereocenters. The fraction of sp³-hybridized carbons (Fsp3) is 0.444. The fourth-order valence-electron chi connectivity index (χ4n) is 4.09. The smallest absolute Gasteiger partial charge is 0.140 e. The van der Waals surface area contributed by atoms with E-state index in [9.17, 15) is 0 Å². The third-order valence-electron chi connectivity index (χ3n) is 5.97. The predicted octanol–water partition coefficient (Wildman–Crippen LogP) is 7.42. The van der Waals surface area contributed by atoms with Gasteiger partial charge in [0.15, 0.2) is 0 Å². The normalized spacial score (nSPS) is 19.5. The van der Waals surface area contributed by atoms with E-state index in [0.717, 1.165) is 43.0 Å². The van der Waals surface area contributed by atoms with Crippen molar-refractivity contribution in [2.45, 2.75) is 65.7 Å². The van der Waals surface area contributed by atoms with Crippen LogP contribution >= 0.6 is 0 Å². The van der Waals surface area contributed by atoms with Crippen molar-refractivity contribution in [2.75, 3.05) is 6.54 Å². The Bertz CT molecular complexity index is 823. The molecule has 0 bridgehead atoms. The third kappa shape index (κ3) is 5.59. The van der Waals surface area contributed by atoms with Gasteiger partial charge in [-0.1, -0.05) is 93.8 Å². The van der Waals surface area contributed by atoms with Gasteiger partial charge in [-0.15, -0.1) is 0 Å². The summed E-state index contributed by atoms with van der Waals surface area (Å²) in [6.07, 6.45) is 15.3. The van der Waals surface area contributed by atoms with Gasteiger partial charge in [0.1, 0.15) is 5.84 Å². The number of aliphatic imine (C=N–C) groups is 1. The number of hydrogen-bond donors (Lipinski definition) is 0. The van der Waals surface area contributed by atoms with E-state index in [2.05, 4.69) is 80.8 Å². The lowest BCUT2D eigenvalue weighted by Crippen LogP contribution is -2.35. The number of unbranched alkanes of at least 4 members (excludes halogenated alkanes) is 3. The Hall–Kier alpha value is -2.35. The maximum absolute atomic E-state index is 5.06. The number of nitrogens with zero attached hydrogens (tertiary/aromatic N) is 2. The van der Waals surface area contributed by atoms with Gasteiger partial charge >= 0.3 is 0 Å². The number of rotatable bonds is 9. The first-order valence-electron chi connectivity index (χ1n) is 11.3. The summed E-state index contributed by atoms with van der Waals surface area (Å²) in [6.45, 7) is 12.1. The predicted molar refractivity (Wildman–Crippen MR) is 126 cm³/mol. The summed E-state index contributed by atoms with van der Waals surface area (Å²) in [4.78, 5) is 7.42. The van der Waals surface area contributed by atoms with Gasteiger partial charge in [0.2, 0.25) is 0 Å². The highest BCUT2D eigenvalue weighted by molar-refractivity contribution is 6.01. The van der Waals surface area contributed by atoms with Crippen LogP contribution in [0.15, 0.2) is 82.7 Å². The molecule has 1 aliphatic carbocycles. The molecule has 1 aliphatic heterocycles. The first-order valence-corrected chi connectivity index (χ1v) is 11.3. The van der Waals surface area contributed by atoms with Crippen molar-refractivity contribution in [2.24, 2.45) is 10.9 Å². The monoisotopic (exact) mass is 388 g/mol. The molecule has 3 rings (SSSR count). The zero-order valence-corrected chi connectivity index (χ0v) is 18.5. The van der Waals surface area contributed by atoms with Crippen molar-refractivity contribution in [3.63, 3.8) is 0 Å². The van der Waals surface area contributed by atoms with Gasteiger partial charge in [-0.05, 0) is 44.1 Å². The third-order valence-corrected chi connectivity index (χ3v) is 5.97. The summed E-state index contributed by atoms with van der Waals surface area (Å²) in [6, 6.07) is 10.5. The Labute approximate surface area is 177 Å². The van der Waals surface area contributed by atoms with E-state index in [1.54, 1.807) is 0 Å². The molecule has 1 aromatic rings. The Morgan fingerprint density at radius 1 is 1.10 bits per heavy atom. The van der Waals surface area contributed by atoms with Crippen LogP contribution in [0.4, 0.5) is 0 Å². The summed E-state index contributed by atoms with van der Waals surface area (Å²) >= 11 is 0.